The molecule has 2 heterocycles. The van der Waals surface area contributed by atoms with Crippen LogP contribution in [0.5, 0.6) is 0 Å². The smallest absolute Gasteiger partial charge is 0.268 e. The van der Waals surface area contributed by atoms with Gasteiger partial charge < -0.3 is 10.2 Å². The molecule has 1 aliphatic rings. The number of amides is 2. The largest absolute Gasteiger partial charge is 0.343 e. The molecule has 1 aliphatic heterocycles. The summed E-state index contributed by atoms with van der Waals surface area (Å²) in [6, 6.07) is 9.75. The van der Waals surface area contributed by atoms with Crippen LogP contribution in [-0.2, 0) is 4.79 Å². The van der Waals surface area contributed by atoms with Crippen molar-refractivity contribution in [1.29, 1.82) is 5.26 Å². The number of aromatic nitrogens is 1. The van der Waals surface area contributed by atoms with Gasteiger partial charge in [0.15, 0.2) is 0 Å². The Balaban J connectivity index is 1.78. The summed E-state index contributed by atoms with van der Waals surface area (Å²) in [5.41, 5.74) is 2.86. The molecule has 1 aromatic carbocycles. The second-order valence-electron chi connectivity index (χ2n) is 7.57. The number of nitriles is 1. The number of hydrogen-bond acceptors (Lipinski definition) is 4. The quantitative estimate of drug-likeness (QED) is 0.816. The lowest BCUT2D eigenvalue weighted by Gasteiger charge is -2.20. The van der Waals surface area contributed by atoms with E-state index in [-0.39, 0.29) is 5.92 Å². The van der Waals surface area contributed by atoms with E-state index in [1.807, 2.05) is 38.1 Å². The van der Waals surface area contributed by atoms with E-state index >= 15 is 0 Å². The van der Waals surface area contributed by atoms with Gasteiger partial charge in [-0.3, -0.25) is 14.6 Å². The van der Waals surface area contributed by atoms with E-state index in [0.29, 0.717) is 11.1 Å². The number of halogens is 2. The summed E-state index contributed by atoms with van der Waals surface area (Å²) >= 11 is 0. The molecule has 2 aromatic rings. The molecule has 0 bridgehead atoms. The molecule has 0 aliphatic carbocycles. The molecule has 30 heavy (non-hydrogen) atoms. The Hall–Kier alpha value is -3.34. The van der Waals surface area contributed by atoms with E-state index in [1.54, 1.807) is 18.3 Å². The van der Waals surface area contributed by atoms with Crippen LogP contribution in [0.15, 0.2) is 42.7 Å². The molecule has 2 amide bonds. The predicted molar refractivity (Wildman–Crippen MR) is 107 cm³/mol. The Bertz CT molecular complexity index is 1000. The minimum absolute atomic E-state index is 0.221. The lowest BCUT2D eigenvalue weighted by Crippen LogP contribution is -2.43. The third-order valence-electron chi connectivity index (χ3n) is 5.08. The van der Waals surface area contributed by atoms with Gasteiger partial charge in [-0.15, -0.1) is 0 Å². The van der Waals surface area contributed by atoms with Crippen molar-refractivity contribution >= 4 is 11.8 Å². The standard InChI is InChI=1S/C22H22F2N4O2/c1-14(2)16-5-3-4-6-17(16)19-11-26-8-7-18(19)21(30)27-12-20(29)28-13-22(23,24)9-15(28)10-25/h3-8,11,14-15H,9,12-13H2,1-2H3,(H,27,30). The molecule has 1 fully saturated rings. The first-order valence-corrected chi connectivity index (χ1v) is 9.62. The van der Waals surface area contributed by atoms with E-state index in [9.17, 15) is 18.4 Å². The first-order valence-electron chi connectivity index (χ1n) is 9.62. The fraction of sp³-hybridized carbons (Fsp3) is 0.364. The number of hydrogen-bond donors (Lipinski definition) is 1. The molecule has 0 radical (unpaired) electrons. The van der Waals surface area contributed by atoms with Gasteiger partial charge in [0, 0.05) is 24.4 Å². The van der Waals surface area contributed by atoms with Crippen molar-refractivity contribution < 1.29 is 18.4 Å². The zero-order valence-corrected chi connectivity index (χ0v) is 16.7. The third-order valence-corrected chi connectivity index (χ3v) is 5.08. The molecule has 1 N–H and O–H groups in total. The average Bonchev–Trinajstić information content (AvgIpc) is 3.06. The molecule has 8 heteroatoms. The van der Waals surface area contributed by atoms with Gasteiger partial charge in [0.1, 0.15) is 6.04 Å². The highest BCUT2D eigenvalue weighted by Crippen LogP contribution is 2.32. The Labute approximate surface area is 173 Å². The van der Waals surface area contributed by atoms with Gasteiger partial charge in [-0.25, -0.2) is 8.78 Å². The van der Waals surface area contributed by atoms with Gasteiger partial charge in [-0.2, -0.15) is 5.26 Å². The van der Waals surface area contributed by atoms with Gasteiger partial charge in [-0.1, -0.05) is 38.1 Å². The number of nitrogens with one attached hydrogen (secondary N) is 1. The molecule has 6 nitrogen and oxygen atoms in total. The molecule has 0 spiro atoms. The predicted octanol–water partition coefficient (Wildman–Crippen LogP) is 3.36. The van der Waals surface area contributed by atoms with Gasteiger partial charge in [0.2, 0.25) is 5.91 Å². The van der Waals surface area contributed by atoms with Crippen LogP contribution in [0.1, 0.15) is 42.1 Å². The number of carbonyl (C=O) groups is 2. The first-order chi connectivity index (χ1) is 14.2. The van der Waals surface area contributed by atoms with E-state index in [0.717, 1.165) is 16.0 Å². The summed E-state index contributed by atoms with van der Waals surface area (Å²) in [5.74, 6) is -4.11. The van der Waals surface area contributed by atoms with Crippen molar-refractivity contribution in [2.45, 2.75) is 38.2 Å². The number of nitrogens with zero attached hydrogens (tertiary/aromatic N) is 3. The lowest BCUT2D eigenvalue weighted by atomic mass is 9.91. The van der Waals surface area contributed by atoms with Crippen LogP contribution in [0, 0.1) is 11.3 Å². The van der Waals surface area contributed by atoms with E-state index < -0.39 is 43.3 Å². The van der Waals surface area contributed by atoms with Crippen LogP contribution in [0.3, 0.4) is 0 Å². The maximum atomic E-state index is 13.6. The molecule has 3 rings (SSSR count). The highest BCUT2D eigenvalue weighted by Gasteiger charge is 2.47. The topological polar surface area (TPSA) is 86.1 Å². The maximum absolute atomic E-state index is 13.6. The van der Waals surface area contributed by atoms with Crippen molar-refractivity contribution in [3.63, 3.8) is 0 Å². The highest BCUT2D eigenvalue weighted by molar-refractivity contribution is 6.02. The molecule has 1 atom stereocenters. The average molecular weight is 412 g/mol. The fourth-order valence-corrected chi connectivity index (χ4v) is 3.60. The molecule has 0 saturated carbocycles. The third kappa shape index (κ3) is 4.46. The number of carbonyl (C=O) groups excluding carboxylic acids is 2. The molecule has 1 aromatic heterocycles. The number of alkyl halides is 2. The Morgan fingerprint density at radius 3 is 2.73 bits per heavy atom. The maximum Gasteiger partial charge on any atom is 0.268 e. The van der Waals surface area contributed by atoms with E-state index in [2.05, 4.69) is 10.3 Å². The van der Waals surface area contributed by atoms with Gasteiger partial charge in [0.05, 0.1) is 24.7 Å². The van der Waals surface area contributed by atoms with Gasteiger partial charge in [0.25, 0.3) is 11.8 Å². The van der Waals surface area contributed by atoms with Gasteiger partial charge in [-0.05, 0) is 23.1 Å². The van der Waals surface area contributed by atoms with Crippen LogP contribution in [0.4, 0.5) is 8.78 Å². The number of rotatable bonds is 5. The summed E-state index contributed by atoms with van der Waals surface area (Å²) in [4.78, 5) is 30.1. The molecular formula is C22H22F2N4O2. The monoisotopic (exact) mass is 412 g/mol. The van der Waals surface area contributed by atoms with Crippen molar-refractivity contribution in [1.82, 2.24) is 15.2 Å². The zero-order valence-electron chi connectivity index (χ0n) is 16.7. The van der Waals surface area contributed by atoms with Crippen LogP contribution in [0.2, 0.25) is 0 Å². The van der Waals surface area contributed by atoms with Crippen molar-refractivity contribution in [3.05, 3.63) is 53.9 Å². The summed E-state index contributed by atoms with van der Waals surface area (Å²) < 4.78 is 27.1. The summed E-state index contributed by atoms with van der Waals surface area (Å²) in [7, 11) is 0. The van der Waals surface area contributed by atoms with Crippen LogP contribution in [0.25, 0.3) is 11.1 Å². The lowest BCUT2D eigenvalue weighted by molar-refractivity contribution is -0.131. The van der Waals surface area contributed by atoms with Gasteiger partial charge >= 0.3 is 0 Å². The minimum Gasteiger partial charge on any atom is -0.343 e. The van der Waals surface area contributed by atoms with Crippen molar-refractivity contribution in [2.24, 2.45) is 0 Å². The molecule has 156 valence electrons. The van der Waals surface area contributed by atoms with Crippen LogP contribution >= 0.6 is 0 Å². The Kier molecular flexibility index (Phi) is 6.11. The minimum atomic E-state index is -3.10. The van der Waals surface area contributed by atoms with Crippen LogP contribution in [-0.4, -0.2) is 46.8 Å². The molecule has 1 unspecified atom stereocenters. The Morgan fingerprint density at radius 2 is 2.03 bits per heavy atom. The van der Waals surface area contributed by atoms with Crippen molar-refractivity contribution in [3.8, 4) is 17.2 Å². The van der Waals surface area contributed by atoms with E-state index in [4.69, 9.17) is 5.26 Å². The SMILES string of the molecule is CC(C)c1ccccc1-c1cnccc1C(=O)NCC(=O)N1CC(F)(F)CC1C#N. The van der Waals surface area contributed by atoms with Crippen LogP contribution < -0.4 is 5.32 Å². The number of likely N-dealkylation sites (tertiary alicyclic amines) is 1. The summed E-state index contributed by atoms with van der Waals surface area (Å²) in [6.07, 6.45) is 2.37. The second-order valence-corrected chi connectivity index (χ2v) is 7.57. The molecule has 1 saturated heterocycles. The Morgan fingerprint density at radius 1 is 1.30 bits per heavy atom. The summed E-state index contributed by atoms with van der Waals surface area (Å²) in [6.45, 7) is 2.80. The fourth-order valence-electron chi connectivity index (χ4n) is 3.60. The van der Waals surface area contributed by atoms with E-state index in [1.165, 1.54) is 6.20 Å². The number of benzene rings is 1. The normalized spacial score (nSPS) is 17.6. The number of pyridine rings is 1. The summed E-state index contributed by atoms with van der Waals surface area (Å²) in [5, 5.41) is 11.5. The highest BCUT2D eigenvalue weighted by atomic mass is 19.3. The second kappa shape index (κ2) is 8.57. The zero-order chi connectivity index (χ0) is 21.9. The molecular weight excluding hydrogens is 390 g/mol. The first kappa shape index (κ1) is 21.4. The van der Waals surface area contributed by atoms with Crippen molar-refractivity contribution in [2.75, 3.05) is 13.1 Å².